The molecule has 23 heavy (non-hydrogen) atoms. The Morgan fingerprint density at radius 3 is 2.65 bits per heavy atom. The maximum absolute atomic E-state index is 12.6. The summed E-state index contributed by atoms with van der Waals surface area (Å²) in [7, 11) is 0. The van der Waals surface area contributed by atoms with Gasteiger partial charge in [-0.15, -0.1) is 6.58 Å². The van der Waals surface area contributed by atoms with E-state index in [-0.39, 0.29) is 16.6 Å². The summed E-state index contributed by atoms with van der Waals surface area (Å²) >= 11 is 12.2. The molecule has 2 heterocycles. The Bertz CT molecular complexity index is 770. The number of halogens is 2. The van der Waals surface area contributed by atoms with Gasteiger partial charge >= 0.3 is 0 Å². The molecule has 0 unspecified atom stereocenters. The molecule has 0 saturated carbocycles. The van der Waals surface area contributed by atoms with Gasteiger partial charge in [-0.3, -0.25) is 4.79 Å². The minimum atomic E-state index is -0.333. The van der Waals surface area contributed by atoms with Gasteiger partial charge in [0.05, 0.1) is 17.6 Å². The van der Waals surface area contributed by atoms with Crippen molar-refractivity contribution in [3.05, 3.63) is 63.5 Å². The van der Waals surface area contributed by atoms with E-state index in [0.717, 1.165) is 25.8 Å². The predicted octanol–water partition coefficient (Wildman–Crippen LogP) is 4.08. The molecule has 0 aliphatic carbocycles. The topological polar surface area (TPSA) is 38.1 Å². The van der Waals surface area contributed by atoms with Crippen LogP contribution in [0.4, 0.5) is 5.69 Å². The van der Waals surface area contributed by atoms with Crippen molar-refractivity contribution in [1.29, 1.82) is 0 Å². The lowest BCUT2D eigenvalue weighted by Gasteiger charge is -2.35. The lowest BCUT2D eigenvalue weighted by Crippen LogP contribution is -2.39. The minimum absolute atomic E-state index is 0.184. The van der Waals surface area contributed by atoms with Crippen LogP contribution in [-0.4, -0.2) is 22.4 Å². The van der Waals surface area contributed by atoms with Gasteiger partial charge in [0.25, 0.3) is 5.56 Å². The first kappa shape index (κ1) is 16.1. The predicted molar refractivity (Wildman–Crippen MR) is 95.0 cm³/mol. The van der Waals surface area contributed by atoms with Crippen LogP contribution in [0.2, 0.25) is 10.0 Å². The van der Waals surface area contributed by atoms with Crippen molar-refractivity contribution in [2.45, 2.75) is 25.3 Å². The fourth-order valence-corrected chi connectivity index (χ4v) is 3.26. The average Bonchev–Trinajstić information content (AvgIpc) is 2.58. The molecule has 0 amide bonds. The Morgan fingerprint density at radius 1 is 1.22 bits per heavy atom. The highest BCUT2D eigenvalue weighted by molar-refractivity contribution is 6.33. The summed E-state index contributed by atoms with van der Waals surface area (Å²) in [6.07, 6.45) is 6.79. The van der Waals surface area contributed by atoms with Crippen molar-refractivity contribution in [1.82, 2.24) is 9.78 Å². The van der Waals surface area contributed by atoms with E-state index in [1.165, 1.54) is 4.68 Å². The second-order valence-corrected chi connectivity index (χ2v) is 6.34. The first-order chi connectivity index (χ1) is 11.1. The van der Waals surface area contributed by atoms with Gasteiger partial charge in [-0.25, -0.2) is 0 Å². The summed E-state index contributed by atoms with van der Waals surface area (Å²) in [5, 5.41) is 5.07. The third kappa shape index (κ3) is 3.14. The molecule has 3 rings (SSSR count). The molecule has 0 radical (unpaired) electrons. The van der Waals surface area contributed by atoms with Crippen LogP contribution < -0.4 is 10.5 Å². The summed E-state index contributed by atoms with van der Waals surface area (Å²) in [4.78, 5) is 14.7. The van der Waals surface area contributed by atoms with E-state index in [2.05, 4.69) is 16.6 Å². The highest BCUT2D eigenvalue weighted by Gasteiger charge is 2.24. The van der Waals surface area contributed by atoms with Crippen molar-refractivity contribution in [2.24, 2.45) is 0 Å². The van der Waals surface area contributed by atoms with Crippen LogP contribution in [0.25, 0.3) is 5.69 Å². The molecular formula is C17H17Cl2N3O. The SMILES string of the molecule is C=C[C@H]1CCCCN1c1cnn(-c2ccc(Cl)cc2)c(=O)c1Cl. The highest BCUT2D eigenvalue weighted by Crippen LogP contribution is 2.29. The molecule has 1 aliphatic rings. The van der Waals surface area contributed by atoms with Crippen LogP contribution in [0.3, 0.4) is 0 Å². The third-order valence-corrected chi connectivity index (χ3v) is 4.71. The highest BCUT2D eigenvalue weighted by atomic mass is 35.5. The summed E-state index contributed by atoms with van der Waals surface area (Å²) in [6.45, 7) is 4.73. The van der Waals surface area contributed by atoms with Crippen LogP contribution in [0.15, 0.2) is 47.9 Å². The Labute approximate surface area is 144 Å². The summed E-state index contributed by atoms with van der Waals surface area (Å²) < 4.78 is 1.29. The summed E-state index contributed by atoms with van der Waals surface area (Å²) in [5.41, 5.74) is 0.970. The van der Waals surface area contributed by atoms with E-state index in [0.29, 0.717) is 16.4 Å². The number of hydrogen-bond donors (Lipinski definition) is 0. The molecule has 1 atom stereocenters. The van der Waals surface area contributed by atoms with Crippen LogP contribution >= 0.6 is 23.2 Å². The van der Waals surface area contributed by atoms with E-state index in [1.54, 1.807) is 30.5 Å². The van der Waals surface area contributed by atoms with E-state index in [9.17, 15) is 4.79 Å². The van der Waals surface area contributed by atoms with Crippen molar-refractivity contribution < 1.29 is 0 Å². The Morgan fingerprint density at radius 2 is 1.96 bits per heavy atom. The Kier molecular flexibility index (Phi) is 4.74. The van der Waals surface area contributed by atoms with Gasteiger partial charge in [0, 0.05) is 17.6 Å². The zero-order valence-corrected chi connectivity index (χ0v) is 14.1. The van der Waals surface area contributed by atoms with Crippen LogP contribution in [0, 0.1) is 0 Å². The zero-order valence-electron chi connectivity index (χ0n) is 12.6. The van der Waals surface area contributed by atoms with E-state index in [1.807, 2.05) is 6.08 Å². The second-order valence-electron chi connectivity index (χ2n) is 5.53. The lowest BCUT2D eigenvalue weighted by atomic mass is 10.0. The molecule has 0 N–H and O–H groups in total. The fraction of sp³-hybridized carbons (Fsp3) is 0.294. The van der Waals surface area contributed by atoms with Crippen LogP contribution in [-0.2, 0) is 0 Å². The summed E-state index contributed by atoms with van der Waals surface area (Å²) in [5.74, 6) is 0. The number of anilines is 1. The third-order valence-electron chi connectivity index (χ3n) is 4.10. The molecule has 4 nitrogen and oxygen atoms in total. The number of benzene rings is 1. The average molecular weight is 350 g/mol. The monoisotopic (exact) mass is 349 g/mol. The van der Waals surface area contributed by atoms with Crippen LogP contribution in [0.1, 0.15) is 19.3 Å². The molecule has 1 aliphatic heterocycles. The van der Waals surface area contributed by atoms with Crippen molar-refractivity contribution in [3.8, 4) is 5.69 Å². The van der Waals surface area contributed by atoms with Gasteiger partial charge < -0.3 is 4.90 Å². The molecule has 6 heteroatoms. The zero-order chi connectivity index (χ0) is 16.4. The van der Waals surface area contributed by atoms with Crippen molar-refractivity contribution in [3.63, 3.8) is 0 Å². The van der Waals surface area contributed by atoms with Crippen molar-refractivity contribution in [2.75, 3.05) is 11.4 Å². The van der Waals surface area contributed by atoms with Crippen LogP contribution in [0.5, 0.6) is 0 Å². The molecule has 2 aromatic rings. The van der Waals surface area contributed by atoms with Gasteiger partial charge in [0.15, 0.2) is 0 Å². The fourth-order valence-electron chi connectivity index (χ4n) is 2.89. The first-order valence-corrected chi connectivity index (χ1v) is 8.30. The number of aromatic nitrogens is 2. The molecule has 0 bridgehead atoms. The molecule has 0 spiro atoms. The minimum Gasteiger partial charge on any atom is -0.362 e. The van der Waals surface area contributed by atoms with Gasteiger partial charge in [-0.2, -0.15) is 9.78 Å². The quantitative estimate of drug-likeness (QED) is 0.783. The van der Waals surface area contributed by atoms with E-state index >= 15 is 0 Å². The largest absolute Gasteiger partial charge is 0.362 e. The molecular weight excluding hydrogens is 333 g/mol. The number of piperidine rings is 1. The molecule has 1 fully saturated rings. The van der Waals surface area contributed by atoms with Gasteiger partial charge in [-0.05, 0) is 43.5 Å². The molecule has 1 aromatic heterocycles. The Hall–Kier alpha value is -1.78. The number of hydrogen-bond acceptors (Lipinski definition) is 3. The maximum atomic E-state index is 12.6. The molecule has 120 valence electrons. The van der Waals surface area contributed by atoms with E-state index in [4.69, 9.17) is 23.2 Å². The van der Waals surface area contributed by atoms with Gasteiger partial charge in [0.2, 0.25) is 0 Å². The number of rotatable bonds is 3. The Balaban J connectivity index is 2.02. The van der Waals surface area contributed by atoms with Crippen molar-refractivity contribution >= 4 is 28.9 Å². The lowest BCUT2D eigenvalue weighted by molar-refractivity contribution is 0.513. The maximum Gasteiger partial charge on any atom is 0.292 e. The molecule has 1 aromatic carbocycles. The smallest absolute Gasteiger partial charge is 0.292 e. The van der Waals surface area contributed by atoms with E-state index < -0.39 is 0 Å². The summed E-state index contributed by atoms with van der Waals surface area (Å²) in [6, 6.07) is 7.09. The standard InChI is InChI=1S/C17H17Cl2N3O/c1-2-13-5-3-4-10-21(13)15-11-20-22(17(23)16(15)19)14-8-6-12(18)7-9-14/h2,6-9,11,13H,1,3-5,10H2/t13-/m0/s1. The van der Waals surface area contributed by atoms with Gasteiger partial charge in [-0.1, -0.05) is 29.3 Å². The second kappa shape index (κ2) is 6.77. The first-order valence-electron chi connectivity index (χ1n) is 7.55. The number of nitrogens with zero attached hydrogens (tertiary/aromatic N) is 3. The molecule has 1 saturated heterocycles. The van der Waals surface area contributed by atoms with Gasteiger partial charge in [0.1, 0.15) is 5.02 Å². The normalized spacial score (nSPS) is 18.0.